The fourth-order valence-electron chi connectivity index (χ4n) is 44.2. The molecule has 0 aromatic rings. The Kier molecular flexibility index (Phi) is 15.9. The Morgan fingerprint density at radius 1 is 0.157 bits per heavy atom. The lowest BCUT2D eigenvalue weighted by molar-refractivity contribution is -0.0142. The van der Waals surface area contributed by atoms with Gasteiger partial charge in [0.2, 0.25) is 0 Å². The van der Waals surface area contributed by atoms with Gasteiger partial charge in [0.05, 0.1) is 0 Å². The first-order valence-corrected chi connectivity index (χ1v) is 49.1. The van der Waals surface area contributed by atoms with E-state index in [4.69, 9.17) is 0 Å². The Balaban J connectivity index is 0.0000000709. The highest BCUT2D eigenvalue weighted by Crippen LogP contribution is 2.80. The van der Waals surface area contributed by atoms with Crippen molar-refractivity contribution in [2.24, 2.45) is 320 Å². The number of hydrogen-bond donors (Lipinski definition) is 0. The van der Waals surface area contributed by atoms with Gasteiger partial charge in [0.15, 0.2) is 0 Å². The van der Waals surface area contributed by atoms with E-state index in [-0.39, 0.29) is 0 Å². The third kappa shape index (κ3) is 9.57. The van der Waals surface area contributed by atoms with Gasteiger partial charge in [-0.15, -0.1) is 0 Å². The molecule has 0 spiro atoms. The summed E-state index contributed by atoms with van der Waals surface area (Å²) in [7, 11) is 0. The van der Waals surface area contributed by atoms with Crippen molar-refractivity contribution in [2.45, 2.75) is 287 Å². The van der Waals surface area contributed by atoms with Crippen molar-refractivity contribution in [3.05, 3.63) is 24.3 Å². The van der Waals surface area contributed by atoms with E-state index in [0.29, 0.717) is 0 Å². The van der Waals surface area contributed by atoms with Crippen molar-refractivity contribution in [2.75, 3.05) is 0 Å². The maximum atomic E-state index is 2.57. The highest BCUT2D eigenvalue weighted by molar-refractivity contribution is 5.23. The Morgan fingerprint density at radius 3 is 1.00 bits per heavy atom. The summed E-state index contributed by atoms with van der Waals surface area (Å²) in [6, 6.07) is 0. The molecule has 54 atom stereocenters. The van der Waals surface area contributed by atoms with Crippen molar-refractivity contribution < 1.29 is 0 Å². The van der Waals surface area contributed by atoms with Gasteiger partial charge >= 0.3 is 0 Å². The van der Waals surface area contributed by atoms with Crippen LogP contribution < -0.4 is 0 Å². The standard InChI is InChI=1S/C18H26.C16H24.C15H22.C13H20.C13H18.C11H18.C8H14.C8H12/c1-8-4-11-6-12(8)18-14-7-13(17(11)18)15-9-2-3-10(5-9)16(14)15;1-8-5-9-6-12(8)16-14-7-13(15(9)16)10-3-2-4-11(10)14;1-7-4-8-5-11(7)15-13-6-12(14(8)15)9-2-3-10(9)13;2*1-7-4-10-6-11(7)13-9-3-2-8(5-9)12(10)13;1-7-5-8-6-11(7)10-4-2-3-9(8)10;2*1-6-4-7-2-3-8(6)5-7/h8-18H,2-7H2,1H3;8-16H,2-7H2,1H3;7-15H,2-6H2,1H3;7-13H,2-6H2,1H3;2-3,7-13H,4-6H2,1H3;7-11H,2-6H2,1H3;6-8H,2-5H2,1H3;2-3,6-8H,4-5H2,1H3. The maximum Gasteiger partial charge on any atom is -0.0194 e. The Bertz CT molecular complexity index is 3190. The van der Waals surface area contributed by atoms with Crippen molar-refractivity contribution >= 4 is 0 Å². The van der Waals surface area contributed by atoms with Crippen molar-refractivity contribution in [3.8, 4) is 0 Å². The first-order valence-electron chi connectivity index (χ1n) is 49.1. The van der Waals surface area contributed by atoms with E-state index in [9.17, 15) is 0 Å². The maximum absolute atomic E-state index is 2.57. The second-order valence-corrected chi connectivity index (χ2v) is 48.8. The first kappa shape index (κ1) is 66.1. The van der Waals surface area contributed by atoms with Crippen LogP contribution in [0.2, 0.25) is 0 Å². The second-order valence-electron chi connectivity index (χ2n) is 48.8. The quantitative estimate of drug-likeness (QED) is 0.168. The summed E-state index contributed by atoms with van der Waals surface area (Å²) in [6.07, 6.45) is 67.3. The van der Waals surface area contributed by atoms with Gasteiger partial charge in [-0.3, -0.25) is 0 Å². The molecule has 29 fully saturated rings. The minimum atomic E-state index is 0.958. The van der Waals surface area contributed by atoms with E-state index in [0.717, 1.165) is 112 Å². The van der Waals surface area contributed by atoms with E-state index < -0.39 is 0 Å². The molecule has 562 valence electrons. The van der Waals surface area contributed by atoms with Crippen LogP contribution in [0.3, 0.4) is 0 Å². The molecule has 0 heteroatoms. The molecular weight excluding hydrogens is 1230 g/mol. The Labute approximate surface area is 626 Å². The third-order valence-electron chi connectivity index (χ3n) is 46.4. The predicted octanol–water partition coefficient (Wildman–Crippen LogP) is 25.9. The van der Waals surface area contributed by atoms with Crippen LogP contribution in [0.25, 0.3) is 0 Å². The minimum Gasteiger partial charge on any atom is -0.0851 e. The van der Waals surface area contributed by atoms with E-state index >= 15 is 0 Å². The van der Waals surface area contributed by atoms with Gasteiger partial charge in [-0.2, -0.15) is 0 Å². The van der Waals surface area contributed by atoms with Crippen LogP contribution in [0.15, 0.2) is 24.3 Å². The SMILES string of the molecule is CC1CC2C=CC1C2.CC1CC2CC1C1C3C=CC(C3)C21.CC1CC2CC1C1C3CC(C4C5CCC(C5)C34)C21.CC1CC2CC1C1C3CC(C4CCC43)C21.CC1CC2CC1C1C3CC(C4CCCC43)C21.CC1CC2CC1C1C3CCC(C3)C21.CC1CC2CC1C1CCCC21.CC1CC2CCC1C2. The molecule has 28 bridgehead atoms. The van der Waals surface area contributed by atoms with Crippen LogP contribution in [0.5, 0.6) is 0 Å². The molecule has 0 aromatic heterocycles. The summed E-state index contributed by atoms with van der Waals surface area (Å²) in [5.41, 5.74) is 0. The highest BCUT2D eigenvalue weighted by Gasteiger charge is 2.73. The van der Waals surface area contributed by atoms with E-state index in [1.165, 1.54) is 226 Å². The number of hydrogen-bond acceptors (Lipinski definition) is 0. The lowest BCUT2D eigenvalue weighted by atomic mass is 9.55. The monoisotopic (exact) mass is 1380 g/mol. The number of fused-ring (bicyclic) bond motifs is 67. The lowest BCUT2D eigenvalue weighted by Crippen LogP contribution is -2.44. The molecule has 31 rings (SSSR count). The molecule has 0 heterocycles. The van der Waals surface area contributed by atoms with Crippen LogP contribution in [0.4, 0.5) is 0 Å². The molecule has 102 heavy (non-hydrogen) atoms. The normalized spacial score (nSPS) is 66.5. The van der Waals surface area contributed by atoms with Gasteiger partial charge in [-0.1, -0.05) is 99.0 Å². The molecule has 29 saturated carbocycles. The predicted molar refractivity (Wildman–Crippen MR) is 418 cm³/mol. The molecule has 31 aliphatic rings. The Hall–Kier alpha value is -0.520. The fourth-order valence-corrected chi connectivity index (χ4v) is 44.2. The summed E-state index contributed by atoms with van der Waals surface area (Å²) in [5.74, 6) is 62.7. The zero-order valence-electron chi connectivity index (χ0n) is 66.9. The molecule has 0 amide bonds. The molecule has 0 aliphatic heterocycles. The number of rotatable bonds is 0. The summed E-state index contributed by atoms with van der Waals surface area (Å²) < 4.78 is 0. The molecule has 31 aliphatic carbocycles. The zero-order chi connectivity index (χ0) is 67.5. The van der Waals surface area contributed by atoms with Gasteiger partial charge < -0.3 is 0 Å². The zero-order valence-corrected chi connectivity index (χ0v) is 66.9. The molecular formula is C102H154. The van der Waals surface area contributed by atoms with Crippen LogP contribution >= 0.6 is 0 Å². The van der Waals surface area contributed by atoms with Gasteiger partial charge in [0.25, 0.3) is 0 Å². The second kappa shape index (κ2) is 24.5. The average Bonchev–Trinajstić information content (AvgIpc) is 1.52. The molecule has 0 N–H and O–H groups in total. The van der Waals surface area contributed by atoms with Crippen LogP contribution in [-0.2, 0) is 0 Å². The Morgan fingerprint density at radius 2 is 0.529 bits per heavy atom. The third-order valence-corrected chi connectivity index (χ3v) is 46.4. The summed E-state index contributed by atoms with van der Waals surface area (Å²) in [5, 5.41) is 0. The molecule has 0 aromatic carbocycles. The van der Waals surface area contributed by atoms with Crippen molar-refractivity contribution in [1.29, 1.82) is 0 Å². The van der Waals surface area contributed by atoms with Crippen molar-refractivity contribution in [3.63, 3.8) is 0 Å². The summed E-state index contributed by atoms with van der Waals surface area (Å²) in [4.78, 5) is 0. The smallest absolute Gasteiger partial charge is 0.0194 e. The molecule has 0 saturated heterocycles. The topological polar surface area (TPSA) is 0 Å². The van der Waals surface area contributed by atoms with E-state index in [2.05, 4.69) is 79.7 Å². The van der Waals surface area contributed by atoms with Crippen molar-refractivity contribution in [1.82, 2.24) is 0 Å². The summed E-state index contributed by atoms with van der Waals surface area (Å²) in [6.45, 7) is 20.0. The van der Waals surface area contributed by atoms with E-state index in [1.807, 2.05) is 0 Å². The van der Waals surface area contributed by atoms with Crippen LogP contribution in [0.1, 0.15) is 287 Å². The molecule has 0 nitrogen and oxygen atoms in total. The minimum absolute atomic E-state index is 0.958. The lowest BCUT2D eigenvalue weighted by Gasteiger charge is -2.50. The number of allylic oxidation sites excluding steroid dienone is 4. The van der Waals surface area contributed by atoms with Crippen LogP contribution in [0, 0.1) is 320 Å². The van der Waals surface area contributed by atoms with Gasteiger partial charge in [0, 0.05) is 0 Å². The van der Waals surface area contributed by atoms with Gasteiger partial charge in [-0.05, 0) is 531 Å². The van der Waals surface area contributed by atoms with E-state index in [1.54, 1.807) is 212 Å². The summed E-state index contributed by atoms with van der Waals surface area (Å²) >= 11 is 0. The van der Waals surface area contributed by atoms with Crippen LogP contribution in [-0.4, -0.2) is 0 Å². The average molecular weight is 1380 g/mol. The highest BCUT2D eigenvalue weighted by atomic mass is 14.8. The molecule has 54 unspecified atom stereocenters. The first-order chi connectivity index (χ1) is 49.8. The van der Waals surface area contributed by atoms with Gasteiger partial charge in [-0.25, -0.2) is 0 Å². The van der Waals surface area contributed by atoms with Gasteiger partial charge in [0.1, 0.15) is 0 Å². The fraction of sp³-hybridized carbons (Fsp3) is 0.961. The largest absolute Gasteiger partial charge is 0.0851 e. The molecule has 0 radical (unpaired) electrons.